The van der Waals surface area contributed by atoms with Crippen molar-refractivity contribution in [3.8, 4) is 0 Å². The van der Waals surface area contributed by atoms with Gasteiger partial charge >= 0.3 is 0 Å². The summed E-state index contributed by atoms with van der Waals surface area (Å²) in [6.07, 6.45) is 1.21. The lowest BCUT2D eigenvalue weighted by Gasteiger charge is -2.29. The van der Waals surface area contributed by atoms with Crippen molar-refractivity contribution in [2.75, 3.05) is 40.4 Å². The highest BCUT2D eigenvalue weighted by Crippen LogP contribution is 2.07. The Morgan fingerprint density at radius 3 is 2.53 bits per heavy atom. The van der Waals surface area contributed by atoms with Crippen LogP contribution in [0.3, 0.4) is 0 Å². The van der Waals surface area contributed by atoms with Gasteiger partial charge in [-0.05, 0) is 39.4 Å². The fourth-order valence-corrected chi connectivity index (χ4v) is 1.55. The minimum atomic E-state index is 0.601. The summed E-state index contributed by atoms with van der Waals surface area (Å²) in [5, 5.41) is 3.47. The molecule has 0 rings (SSSR count). The van der Waals surface area contributed by atoms with Crippen molar-refractivity contribution in [2.24, 2.45) is 5.92 Å². The predicted octanol–water partition coefficient (Wildman–Crippen LogP) is 1.59. The van der Waals surface area contributed by atoms with Crippen molar-refractivity contribution in [1.82, 2.24) is 10.2 Å². The third-order valence-electron chi connectivity index (χ3n) is 3.06. The van der Waals surface area contributed by atoms with Gasteiger partial charge in [0.15, 0.2) is 0 Å². The molecule has 15 heavy (non-hydrogen) atoms. The van der Waals surface area contributed by atoms with Gasteiger partial charge in [-0.2, -0.15) is 0 Å². The summed E-state index contributed by atoms with van der Waals surface area (Å²) in [4.78, 5) is 2.36. The summed E-state index contributed by atoms with van der Waals surface area (Å²) < 4.78 is 5.08. The van der Waals surface area contributed by atoms with Gasteiger partial charge in [0.25, 0.3) is 0 Å². The van der Waals surface area contributed by atoms with Crippen molar-refractivity contribution < 1.29 is 4.74 Å². The van der Waals surface area contributed by atoms with Crippen LogP contribution in [0.1, 0.15) is 27.2 Å². The molecular formula is C12H28N2O. The fourth-order valence-electron chi connectivity index (χ4n) is 1.55. The van der Waals surface area contributed by atoms with Crippen molar-refractivity contribution in [3.63, 3.8) is 0 Å². The first-order valence-corrected chi connectivity index (χ1v) is 6.03. The van der Waals surface area contributed by atoms with Crippen LogP contribution in [0.15, 0.2) is 0 Å². The Bertz CT molecular complexity index is 142. The summed E-state index contributed by atoms with van der Waals surface area (Å²) in [6.45, 7) is 10.8. The molecule has 0 bridgehead atoms. The summed E-state index contributed by atoms with van der Waals surface area (Å²) in [6, 6.07) is 0.601. The SMILES string of the molecule is CCCNCC(C)C(C)N(C)CCOC. The normalized spacial score (nSPS) is 15.6. The molecule has 0 aliphatic rings. The lowest BCUT2D eigenvalue weighted by Crippen LogP contribution is -2.40. The zero-order valence-electron chi connectivity index (χ0n) is 11.0. The highest BCUT2D eigenvalue weighted by Gasteiger charge is 2.15. The number of nitrogens with zero attached hydrogens (tertiary/aromatic N) is 1. The summed E-state index contributed by atoms with van der Waals surface area (Å²) in [5.74, 6) is 0.679. The average Bonchev–Trinajstić information content (AvgIpc) is 2.24. The van der Waals surface area contributed by atoms with Gasteiger partial charge in [0.05, 0.1) is 6.61 Å². The predicted molar refractivity (Wildman–Crippen MR) is 66.3 cm³/mol. The average molecular weight is 216 g/mol. The monoisotopic (exact) mass is 216 g/mol. The largest absolute Gasteiger partial charge is 0.383 e. The summed E-state index contributed by atoms with van der Waals surface area (Å²) >= 11 is 0. The van der Waals surface area contributed by atoms with E-state index in [0.717, 1.165) is 26.2 Å². The smallest absolute Gasteiger partial charge is 0.0589 e. The van der Waals surface area contributed by atoms with Crippen LogP contribution >= 0.6 is 0 Å². The van der Waals surface area contributed by atoms with Crippen LogP contribution in [0.25, 0.3) is 0 Å². The Morgan fingerprint density at radius 1 is 1.33 bits per heavy atom. The Morgan fingerprint density at radius 2 is 2.00 bits per heavy atom. The molecule has 3 nitrogen and oxygen atoms in total. The first kappa shape index (κ1) is 14.9. The van der Waals surface area contributed by atoms with Crippen molar-refractivity contribution in [1.29, 1.82) is 0 Å². The van der Waals surface area contributed by atoms with Crippen molar-refractivity contribution in [2.45, 2.75) is 33.2 Å². The number of rotatable bonds is 9. The molecule has 1 N–H and O–H groups in total. The third-order valence-corrected chi connectivity index (χ3v) is 3.06. The summed E-state index contributed by atoms with van der Waals surface area (Å²) in [5.41, 5.74) is 0. The van der Waals surface area contributed by atoms with E-state index in [1.807, 2.05) is 0 Å². The molecule has 0 saturated carbocycles. The van der Waals surface area contributed by atoms with E-state index in [-0.39, 0.29) is 0 Å². The zero-order valence-corrected chi connectivity index (χ0v) is 11.0. The second-order valence-corrected chi connectivity index (χ2v) is 4.40. The van der Waals surface area contributed by atoms with Crippen LogP contribution in [0, 0.1) is 5.92 Å². The van der Waals surface area contributed by atoms with Crippen LogP contribution < -0.4 is 5.32 Å². The van der Waals surface area contributed by atoms with Gasteiger partial charge in [-0.15, -0.1) is 0 Å². The molecule has 0 aromatic rings. The van der Waals surface area contributed by atoms with Gasteiger partial charge in [0, 0.05) is 19.7 Å². The highest BCUT2D eigenvalue weighted by molar-refractivity contribution is 4.71. The number of ether oxygens (including phenoxy) is 1. The molecule has 92 valence electrons. The molecule has 0 aromatic heterocycles. The molecule has 0 aliphatic heterocycles. The van der Waals surface area contributed by atoms with Gasteiger partial charge < -0.3 is 15.0 Å². The maximum absolute atomic E-state index is 5.08. The Kier molecular flexibility index (Phi) is 9.06. The first-order chi connectivity index (χ1) is 7.13. The molecule has 0 aromatic carbocycles. The van der Waals surface area contributed by atoms with E-state index < -0.39 is 0 Å². The molecule has 0 heterocycles. The maximum Gasteiger partial charge on any atom is 0.0589 e. The van der Waals surface area contributed by atoms with Gasteiger partial charge in [-0.1, -0.05) is 13.8 Å². The molecule has 0 amide bonds. The van der Waals surface area contributed by atoms with Gasteiger partial charge in [0.1, 0.15) is 0 Å². The van der Waals surface area contributed by atoms with Crippen LogP contribution in [-0.2, 0) is 4.74 Å². The van der Waals surface area contributed by atoms with E-state index in [0.29, 0.717) is 12.0 Å². The maximum atomic E-state index is 5.08. The van der Waals surface area contributed by atoms with Crippen molar-refractivity contribution >= 4 is 0 Å². The second-order valence-electron chi connectivity index (χ2n) is 4.40. The molecular weight excluding hydrogens is 188 g/mol. The van der Waals surface area contributed by atoms with Crippen LogP contribution in [0.2, 0.25) is 0 Å². The van der Waals surface area contributed by atoms with E-state index in [1.165, 1.54) is 6.42 Å². The fraction of sp³-hybridized carbons (Fsp3) is 1.00. The lowest BCUT2D eigenvalue weighted by molar-refractivity contribution is 0.124. The molecule has 0 fully saturated rings. The lowest BCUT2D eigenvalue weighted by atomic mass is 10.0. The number of likely N-dealkylation sites (N-methyl/N-ethyl adjacent to an activating group) is 1. The zero-order chi connectivity index (χ0) is 11.7. The minimum Gasteiger partial charge on any atom is -0.383 e. The van der Waals surface area contributed by atoms with Crippen LogP contribution in [0.4, 0.5) is 0 Å². The minimum absolute atomic E-state index is 0.601. The molecule has 0 radical (unpaired) electrons. The standard InChI is InChI=1S/C12H28N2O/c1-6-7-13-10-11(2)12(3)14(4)8-9-15-5/h11-13H,6-10H2,1-5H3. The highest BCUT2D eigenvalue weighted by atomic mass is 16.5. The number of methoxy groups -OCH3 is 1. The quantitative estimate of drug-likeness (QED) is 0.592. The third kappa shape index (κ3) is 6.88. The number of hydrogen-bond acceptors (Lipinski definition) is 3. The second kappa shape index (κ2) is 9.13. The molecule has 2 atom stereocenters. The number of hydrogen-bond donors (Lipinski definition) is 1. The summed E-state index contributed by atoms with van der Waals surface area (Å²) in [7, 11) is 3.92. The topological polar surface area (TPSA) is 24.5 Å². The van der Waals surface area contributed by atoms with E-state index in [9.17, 15) is 0 Å². The van der Waals surface area contributed by atoms with E-state index in [4.69, 9.17) is 4.74 Å². The van der Waals surface area contributed by atoms with E-state index >= 15 is 0 Å². The Labute approximate surface area is 95.2 Å². The molecule has 3 heteroatoms. The first-order valence-electron chi connectivity index (χ1n) is 6.03. The van der Waals surface area contributed by atoms with Gasteiger partial charge in [0.2, 0.25) is 0 Å². The molecule has 0 aliphatic carbocycles. The molecule has 0 spiro atoms. The van der Waals surface area contributed by atoms with E-state index in [2.05, 4.69) is 38.0 Å². The van der Waals surface area contributed by atoms with E-state index in [1.54, 1.807) is 7.11 Å². The van der Waals surface area contributed by atoms with Crippen LogP contribution in [-0.4, -0.2) is 51.3 Å². The molecule has 0 saturated heterocycles. The Balaban J connectivity index is 3.69. The van der Waals surface area contributed by atoms with Gasteiger partial charge in [-0.3, -0.25) is 0 Å². The van der Waals surface area contributed by atoms with Gasteiger partial charge in [-0.25, -0.2) is 0 Å². The van der Waals surface area contributed by atoms with Crippen molar-refractivity contribution in [3.05, 3.63) is 0 Å². The Hall–Kier alpha value is -0.120. The van der Waals surface area contributed by atoms with Crippen LogP contribution in [0.5, 0.6) is 0 Å². The molecule has 2 unspecified atom stereocenters. The number of nitrogens with one attached hydrogen (secondary N) is 1.